The number of hydrogen-bond acceptors (Lipinski definition) is 3. The van der Waals surface area contributed by atoms with Crippen LogP contribution < -0.4 is 10.6 Å². The van der Waals surface area contributed by atoms with Crippen LogP contribution in [-0.4, -0.2) is 30.7 Å². The van der Waals surface area contributed by atoms with Gasteiger partial charge in [0.05, 0.1) is 6.17 Å². The van der Waals surface area contributed by atoms with Crippen molar-refractivity contribution in [2.45, 2.75) is 43.3 Å². The Bertz CT molecular complexity index is 155. The molecule has 0 aromatic heterocycles. The Kier molecular flexibility index (Phi) is 3.68. The zero-order chi connectivity index (χ0) is 9.97. The largest absolute Gasteiger partial charge is 0.301 e. The molecule has 2 fully saturated rings. The van der Waals surface area contributed by atoms with Crippen LogP contribution in [0.2, 0.25) is 0 Å². The Hall–Kier alpha value is 0.200. The highest BCUT2D eigenvalue weighted by Gasteiger charge is 2.29. The summed E-state index contributed by atoms with van der Waals surface area (Å²) in [7, 11) is 0. The van der Waals surface area contributed by atoms with Crippen LogP contribution in [0.15, 0.2) is 0 Å². The molecule has 1 saturated carbocycles. The van der Waals surface area contributed by atoms with Crippen LogP contribution in [0, 0.1) is 5.92 Å². The molecule has 1 aliphatic carbocycles. The maximum Gasteiger partial charge on any atom is 0.100 e. The average molecular weight is 218 g/mol. The number of rotatable bonds is 1. The molecule has 0 spiro atoms. The second-order valence-corrected chi connectivity index (χ2v) is 5.19. The predicted octanol–water partition coefficient (Wildman–Crippen LogP) is 1.33. The standard InChI is InChI=1S/C10H19FN2S/c11-8-3-1-7(2-4-8)10-12-5-9(14)6-13-10/h7-10,12-14H,1-6H2. The molecule has 1 aliphatic heterocycles. The minimum atomic E-state index is -0.549. The summed E-state index contributed by atoms with van der Waals surface area (Å²) in [5, 5.41) is 7.31. The van der Waals surface area contributed by atoms with E-state index in [1.807, 2.05) is 0 Å². The van der Waals surface area contributed by atoms with Crippen molar-refractivity contribution in [3.8, 4) is 0 Å². The van der Waals surface area contributed by atoms with Crippen molar-refractivity contribution in [2.75, 3.05) is 13.1 Å². The fraction of sp³-hybridized carbons (Fsp3) is 1.00. The van der Waals surface area contributed by atoms with E-state index in [2.05, 4.69) is 23.3 Å². The highest BCUT2D eigenvalue weighted by Crippen LogP contribution is 2.28. The molecule has 4 heteroatoms. The predicted molar refractivity (Wildman–Crippen MR) is 59.4 cm³/mol. The van der Waals surface area contributed by atoms with Crippen molar-refractivity contribution in [3.63, 3.8) is 0 Å². The third kappa shape index (κ3) is 2.61. The summed E-state index contributed by atoms with van der Waals surface area (Å²) in [6, 6.07) is 0. The van der Waals surface area contributed by atoms with E-state index in [1.165, 1.54) is 0 Å². The van der Waals surface area contributed by atoms with E-state index >= 15 is 0 Å². The number of thiol groups is 1. The Balaban J connectivity index is 1.78. The number of halogens is 1. The Morgan fingerprint density at radius 2 is 1.57 bits per heavy atom. The lowest BCUT2D eigenvalue weighted by atomic mass is 9.85. The highest BCUT2D eigenvalue weighted by atomic mass is 32.1. The van der Waals surface area contributed by atoms with Crippen LogP contribution in [0.1, 0.15) is 25.7 Å². The summed E-state index contributed by atoms with van der Waals surface area (Å²) >= 11 is 4.40. The molecule has 14 heavy (non-hydrogen) atoms. The van der Waals surface area contributed by atoms with Crippen LogP contribution in [0.25, 0.3) is 0 Å². The molecule has 0 unspecified atom stereocenters. The summed E-state index contributed by atoms with van der Waals surface area (Å²) in [6.45, 7) is 1.94. The fourth-order valence-corrected chi connectivity index (χ4v) is 2.63. The molecular formula is C10H19FN2S. The molecule has 2 nitrogen and oxygen atoms in total. The van der Waals surface area contributed by atoms with Crippen LogP contribution in [-0.2, 0) is 0 Å². The SMILES string of the molecule is FC1CCC(C2NCC(S)CN2)CC1. The molecule has 0 bridgehead atoms. The van der Waals surface area contributed by atoms with Gasteiger partial charge in [0.15, 0.2) is 0 Å². The van der Waals surface area contributed by atoms with Gasteiger partial charge in [0, 0.05) is 18.3 Å². The molecule has 1 saturated heterocycles. The molecular weight excluding hydrogens is 199 g/mol. The van der Waals surface area contributed by atoms with E-state index in [0.717, 1.165) is 38.8 Å². The molecule has 0 aromatic rings. The smallest absolute Gasteiger partial charge is 0.100 e. The van der Waals surface area contributed by atoms with Gasteiger partial charge in [0.25, 0.3) is 0 Å². The maximum atomic E-state index is 12.9. The van der Waals surface area contributed by atoms with Crippen molar-refractivity contribution in [1.29, 1.82) is 0 Å². The molecule has 2 aliphatic rings. The first kappa shape index (κ1) is 10.7. The summed E-state index contributed by atoms with van der Waals surface area (Å²) in [6.07, 6.45) is 3.37. The second kappa shape index (κ2) is 4.81. The van der Waals surface area contributed by atoms with Crippen molar-refractivity contribution in [2.24, 2.45) is 5.92 Å². The van der Waals surface area contributed by atoms with Crippen molar-refractivity contribution in [3.05, 3.63) is 0 Å². The highest BCUT2D eigenvalue weighted by molar-refractivity contribution is 7.81. The first-order valence-corrected chi connectivity index (χ1v) is 6.06. The topological polar surface area (TPSA) is 24.1 Å². The van der Waals surface area contributed by atoms with E-state index in [9.17, 15) is 4.39 Å². The van der Waals surface area contributed by atoms with Crippen LogP contribution in [0.3, 0.4) is 0 Å². The monoisotopic (exact) mass is 218 g/mol. The van der Waals surface area contributed by atoms with Gasteiger partial charge in [-0.3, -0.25) is 0 Å². The number of hydrogen-bond donors (Lipinski definition) is 3. The maximum absolute atomic E-state index is 12.9. The molecule has 0 radical (unpaired) electrons. The number of nitrogens with one attached hydrogen (secondary N) is 2. The van der Waals surface area contributed by atoms with Gasteiger partial charge >= 0.3 is 0 Å². The molecule has 2 rings (SSSR count). The normalized spacial score (nSPS) is 45.0. The minimum absolute atomic E-state index is 0.394. The van der Waals surface area contributed by atoms with E-state index in [4.69, 9.17) is 0 Å². The first-order chi connectivity index (χ1) is 6.75. The summed E-state index contributed by atoms with van der Waals surface area (Å²) in [5.41, 5.74) is 0. The first-order valence-electron chi connectivity index (χ1n) is 5.54. The molecule has 0 aromatic carbocycles. The van der Waals surface area contributed by atoms with Gasteiger partial charge in [0.2, 0.25) is 0 Å². The molecule has 2 N–H and O–H groups in total. The van der Waals surface area contributed by atoms with Gasteiger partial charge in [-0.2, -0.15) is 12.6 Å². The Morgan fingerprint density at radius 1 is 1.00 bits per heavy atom. The number of alkyl halides is 1. The molecule has 82 valence electrons. The quantitative estimate of drug-likeness (QED) is 0.579. The van der Waals surface area contributed by atoms with E-state index in [0.29, 0.717) is 17.3 Å². The van der Waals surface area contributed by atoms with Crippen molar-refractivity contribution >= 4 is 12.6 Å². The van der Waals surface area contributed by atoms with Crippen LogP contribution in [0.4, 0.5) is 4.39 Å². The Morgan fingerprint density at radius 3 is 2.14 bits per heavy atom. The van der Waals surface area contributed by atoms with E-state index in [1.54, 1.807) is 0 Å². The summed E-state index contributed by atoms with van der Waals surface area (Å²) < 4.78 is 12.9. The third-order valence-corrected chi connectivity index (χ3v) is 3.68. The van der Waals surface area contributed by atoms with Gasteiger partial charge in [-0.15, -0.1) is 0 Å². The zero-order valence-electron chi connectivity index (χ0n) is 8.38. The van der Waals surface area contributed by atoms with Crippen LogP contribution >= 0.6 is 12.6 Å². The fourth-order valence-electron chi connectivity index (χ4n) is 2.42. The molecule has 1 heterocycles. The summed E-state index contributed by atoms with van der Waals surface area (Å²) in [5.74, 6) is 0.614. The van der Waals surface area contributed by atoms with Gasteiger partial charge in [-0.05, 0) is 31.6 Å². The van der Waals surface area contributed by atoms with E-state index in [-0.39, 0.29) is 0 Å². The van der Waals surface area contributed by atoms with Gasteiger partial charge < -0.3 is 10.6 Å². The lowest BCUT2D eigenvalue weighted by Gasteiger charge is -2.37. The lowest BCUT2D eigenvalue weighted by molar-refractivity contribution is 0.157. The molecule has 0 amide bonds. The van der Waals surface area contributed by atoms with Gasteiger partial charge in [-0.25, -0.2) is 4.39 Å². The van der Waals surface area contributed by atoms with Crippen LogP contribution in [0.5, 0.6) is 0 Å². The third-order valence-electron chi connectivity index (χ3n) is 3.32. The van der Waals surface area contributed by atoms with Crippen molar-refractivity contribution in [1.82, 2.24) is 10.6 Å². The minimum Gasteiger partial charge on any atom is -0.301 e. The average Bonchev–Trinajstić information content (AvgIpc) is 2.21. The molecule has 0 atom stereocenters. The van der Waals surface area contributed by atoms with Gasteiger partial charge in [-0.1, -0.05) is 0 Å². The van der Waals surface area contributed by atoms with Crippen molar-refractivity contribution < 1.29 is 4.39 Å². The zero-order valence-corrected chi connectivity index (χ0v) is 9.27. The van der Waals surface area contributed by atoms with Gasteiger partial charge in [0.1, 0.15) is 6.17 Å². The lowest BCUT2D eigenvalue weighted by Crippen LogP contribution is -2.57. The van der Waals surface area contributed by atoms with E-state index < -0.39 is 6.17 Å². The Labute approximate surface area is 90.4 Å². The summed E-state index contributed by atoms with van der Waals surface area (Å²) in [4.78, 5) is 0. The second-order valence-electron chi connectivity index (χ2n) is 4.46.